The number of methoxy groups -OCH3 is 1. The summed E-state index contributed by atoms with van der Waals surface area (Å²) in [5.41, 5.74) is 1.26. The van der Waals surface area contributed by atoms with Crippen LogP contribution in [0.4, 0.5) is 0 Å². The van der Waals surface area contributed by atoms with Crippen LogP contribution < -0.4 is 9.47 Å². The van der Waals surface area contributed by atoms with E-state index in [-0.39, 0.29) is 0 Å². The molecular weight excluding hydrogens is 232 g/mol. The van der Waals surface area contributed by atoms with Crippen LogP contribution in [0.2, 0.25) is 0 Å². The number of benzene rings is 1. The number of rotatable bonds is 5. The van der Waals surface area contributed by atoms with Crippen LogP contribution in [-0.4, -0.2) is 23.4 Å². The van der Waals surface area contributed by atoms with Crippen LogP contribution in [0.15, 0.2) is 36.8 Å². The molecule has 1 aromatic carbocycles. The van der Waals surface area contributed by atoms with Gasteiger partial charge in [0.1, 0.15) is 12.9 Å². The van der Waals surface area contributed by atoms with E-state index in [9.17, 15) is 4.79 Å². The third-order valence-electron chi connectivity index (χ3n) is 2.32. The summed E-state index contributed by atoms with van der Waals surface area (Å²) in [5, 5.41) is 0. The van der Waals surface area contributed by atoms with Crippen LogP contribution in [-0.2, 0) is 6.61 Å². The molecule has 1 heterocycles. The zero-order valence-electron chi connectivity index (χ0n) is 9.87. The van der Waals surface area contributed by atoms with E-state index < -0.39 is 0 Å². The summed E-state index contributed by atoms with van der Waals surface area (Å²) in [6.07, 6.45) is 5.59. The molecule has 0 fully saturated rings. The van der Waals surface area contributed by atoms with Crippen LogP contribution in [0, 0.1) is 0 Å². The van der Waals surface area contributed by atoms with Crippen molar-refractivity contribution in [1.82, 2.24) is 9.97 Å². The molecule has 0 saturated carbocycles. The average molecular weight is 244 g/mol. The molecule has 0 aliphatic rings. The highest BCUT2D eigenvalue weighted by Gasteiger charge is 2.06. The van der Waals surface area contributed by atoms with Gasteiger partial charge in [0, 0.05) is 18.0 Å². The first-order valence-corrected chi connectivity index (χ1v) is 5.34. The molecule has 2 rings (SSSR count). The number of nitrogens with zero attached hydrogens (tertiary/aromatic N) is 2. The van der Waals surface area contributed by atoms with Gasteiger partial charge in [-0.25, -0.2) is 0 Å². The Morgan fingerprint density at radius 3 is 2.83 bits per heavy atom. The van der Waals surface area contributed by atoms with E-state index in [1.807, 2.05) is 0 Å². The first-order valence-electron chi connectivity index (χ1n) is 5.34. The minimum Gasteiger partial charge on any atom is -0.493 e. The normalized spacial score (nSPS) is 9.83. The van der Waals surface area contributed by atoms with Gasteiger partial charge in [0.2, 0.25) is 0 Å². The monoisotopic (exact) mass is 244 g/mol. The highest BCUT2D eigenvalue weighted by molar-refractivity contribution is 5.76. The van der Waals surface area contributed by atoms with Crippen LogP contribution >= 0.6 is 0 Å². The summed E-state index contributed by atoms with van der Waals surface area (Å²) >= 11 is 0. The Morgan fingerprint density at radius 1 is 1.28 bits per heavy atom. The highest BCUT2D eigenvalue weighted by Crippen LogP contribution is 2.28. The standard InChI is InChI=1S/C13H12N2O3/c1-17-13-6-10(8-16)2-3-12(13)18-9-11-7-14-4-5-15-11/h2-8H,9H2,1H3. The maximum atomic E-state index is 10.7. The Balaban J connectivity index is 2.11. The molecule has 0 saturated heterocycles. The lowest BCUT2D eigenvalue weighted by Gasteiger charge is -2.10. The van der Waals surface area contributed by atoms with Crippen LogP contribution in [0.25, 0.3) is 0 Å². The minimum atomic E-state index is 0.296. The topological polar surface area (TPSA) is 61.3 Å². The number of carbonyl (C=O) groups is 1. The maximum Gasteiger partial charge on any atom is 0.161 e. The van der Waals surface area contributed by atoms with Crippen LogP contribution in [0.1, 0.15) is 16.1 Å². The zero-order valence-corrected chi connectivity index (χ0v) is 9.87. The molecule has 0 radical (unpaired) electrons. The van der Waals surface area contributed by atoms with Gasteiger partial charge in [-0.05, 0) is 18.2 Å². The number of hydrogen-bond acceptors (Lipinski definition) is 5. The fraction of sp³-hybridized carbons (Fsp3) is 0.154. The summed E-state index contributed by atoms with van der Waals surface area (Å²) in [6.45, 7) is 0.296. The quantitative estimate of drug-likeness (QED) is 0.751. The van der Waals surface area contributed by atoms with Gasteiger partial charge in [-0.2, -0.15) is 0 Å². The smallest absolute Gasteiger partial charge is 0.161 e. The lowest BCUT2D eigenvalue weighted by Crippen LogP contribution is -2.00. The SMILES string of the molecule is COc1cc(C=O)ccc1OCc1cnccn1. The largest absolute Gasteiger partial charge is 0.493 e. The Hall–Kier alpha value is -2.43. The highest BCUT2D eigenvalue weighted by atomic mass is 16.5. The third kappa shape index (κ3) is 2.82. The van der Waals surface area contributed by atoms with Gasteiger partial charge in [0.15, 0.2) is 11.5 Å². The van der Waals surface area contributed by atoms with E-state index in [1.165, 1.54) is 7.11 Å². The number of hydrogen-bond donors (Lipinski definition) is 0. The lowest BCUT2D eigenvalue weighted by atomic mass is 10.2. The number of ether oxygens (including phenoxy) is 2. The van der Waals surface area contributed by atoms with Gasteiger partial charge < -0.3 is 9.47 Å². The first-order chi connectivity index (χ1) is 8.83. The molecule has 0 unspecified atom stereocenters. The molecule has 1 aromatic heterocycles. The molecule has 2 aromatic rings. The Kier molecular flexibility index (Phi) is 3.86. The van der Waals surface area contributed by atoms with Gasteiger partial charge in [-0.15, -0.1) is 0 Å². The Bertz CT molecular complexity index is 529. The summed E-state index contributed by atoms with van der Waals surface area (Å²) in [4.78, 5) is 18.7. The average Bonchev–Trinajstić information content (AvgIpc) is 2.46. The second kappa shape index (κ2) is 5.77. The van der Waals surface area contributed by atoms with Crippen molar-refractivity contribution in [2.75, 3.05) is 7.11 Å². The van der Waals surface area contributed by atoms with Crippen molar-refractivity contribution in [3.05, 3.63) is 48.0 Å². The summed E-state index contributed by atoms with van der Waals surface area (Å²) < 4.78 is 10.7. The lowest BCUT2D eigenvalue weighted by molar-refractivity contribution is 0.112. The van der Waals surface area contributed by atoms with Crippen molar-refractivity contribution in [3.8, 4) is 11.5 Å². The summed E-state index contributed by atoms with van der Waals surface area (Å²) in [7, 11) is 1.53. The van der Waals surface area contributed by atoms with Crippen molar-refractivity contribution < 1.29 is 14.3 Å². The fourth-order valence-corrected chi connectivity index (χ4v) is 1.43. The zero-order chi connectivity index (χ0) is 12.8. The fourth-order valence-electron chi connectivity index (χ4n) is 1.43. The molecule has 0 spiro atoms. The van der Waals surface area contributed by atoms with Gasteiger partial charge >= 0.3 is 0 Å². The third-order valence-corrected chi connectivity index (χ3v) is 2.32. The van der Waals surface area contributed by atoms with E-state index >= 15 is 0 Å². The predicted octanol–water partition coefficient (Wildman–Crippen LogP) is 1.88. The molecule has 5 heteroatoms. The van der Waals surface area contributed by atoms with Gasteiger partial charge in [-0.1, -0.05) is 0 Å². The van der Waals surface area contributed by atoms with Crippen molar-refractivity contribution in [1.29, 1.82) is 0 Å². The number of aldehydes is 1. The molecule has 0 atom stereocenters. The minimum absolute atomic E-state index is 0.296. The second-order valence-electron chi connectivity index (χ2n) is 3.51. The van der Waals surface area contributed by atoms with E-state index in [1.54, 1.807) is 36.8 Å². The van der Waals surface area contributed by atoms with Gasteiger partial charge in [0.05, 0.1) is 19.0 Å². The van der Waals surface area contributed by atoms with Crippen molar-refractivity contribution in [2.45, 2.75) is 6.61 Å². The molecule has 0 amide bonds. The second-order valence-corrected chi connectivity index (χ2v) is 3.51. The Labute approximate surface area is 104 Å². The van der Waals surface area contributed by atoms with E-state index in [4.69, 9.17) is 9.47 Å². The molecular formula is C13H12N2O3. The first kappa shape index (κ1) is 12.0. The van der Waals surface area contributed by atoms with Gasteiger partial charge in [0.25, 0.3) is 0 Å². The van der Waals surface area contributed by atoms with E-state index in [0.717, 1.165) is 12.0 Å². The number of carbonyl (C=O) groups excluding carboxylic acids is 1. The van der Waals surface area contributed by atoms with E-state index in [0.29, 0.717) is 23.7 Å². The Morgan fingerprint density at radius 2 is 2.17 bits per heavy atom. The molecule has 0 bridgehead atoms. The number of aromatic nitrogens is 2. The van der Waals surface area contributed by atoms with Crippen molar-refractivity contribution in [3.63, 3.8) is 0 Å². The van der Waals surface area contributed by atoms with Crippen LogP contribution in [0.3, 0.4) is 0 Å². The maximum absolute atomic E-state index is 10.7. The molecule has 0 aliphatic carbocycles. The van der Waals surface area contributed by atoms with Crippen molar-refractivity contribution >= 4 is 6.29 Å². The molecule has 92 valence electrons. The van der Waals surface area contributed by atoms with E-state index in [2.05, 4.69) is 9.97 Å². The van der Waals surface area contributed by atoms with Crippen LogP contribution in [0.5, 0.6) is 11.5 Å². The van der Waals surface area contributed by atoms with Crippen molar-refractivity contribution in [2.24, 2.45) is 0 Å². The molecule has 0 N–H and O–H groups in total. The molecule has 5 nitrogen and oxygen atoms in total. The summed E-state index contributed by atoms with van der Waals surface area (Å²) in [6, 6.07) is 4.99. The summed E-state index contributed by atoms with van der Waals surface area (Å²) in [5.74, 6) is 1.08. The molecule has 18 heavy (non-hydrogen) atoms. The predicted molar refractivity (Wildman–Crippen MR) is 64.7 cm³/mol. The van der Waals surface area contributed by atoms with Gasteiger partial charge in [-0.3, -0.25) is 14.8 Å². The molecule has 0 aliphatic heterocycles.